The van der Waals surface area contributed by atoms with Gasteiger partial charge in [-0.15, -0.1) is 0 Å². The molecule has 0 N–H and O–H groups in total. The maximum absolute atomic E-state index is 13.4. The maximum Gasteiger partial charge on any atom is 0.416 e. The van der Waals surface area contributed by atoms with Crippen LogP contribution in [0.5, 0.6) is 0 Å². The van der Waals surface area contributed by atoms with Crippen LogP contribution in [-0.4, -0.2) is 9.36 Å². The zero-order valence-electron chi connectivity index (χ0n) is 7.92. The minimum Gasteiger partial charge on any atom is -0.209 e. The fraction of sp³-hybridized carbons (Fsp3) is 0.111. The highest BCUT2D eigenvalue weighted by atomic mass is 79.9. The van der Waals surface area contributed by atoms with Gasteiger partial charge < -0.3 is 0 Å². The summed E-state index contributed by atoms with van der Waals surface area (Å²) in [6.07, 6.45) is -4.51. The van der Waals surface area contributed by atoms with Gasteiger partial charge in [-0.3, -0.25) is 0 Å². The van der Waals surface area contributed by atoms with Gasteiger partial charge in [-0.25, -0.2) is 9.37 Å². The Bertz CT molecular complexity index is 552. The predicted octanol–water partition coefficient (Wildman–Crippen LogP) is 4.13. The Kier molecular flexibility index (Phi) is 3.17. The van der Waals surface area contributed by atoms with Crippen molar-refractivity contribution in [2.45, 2.75) is 6.18 Å². The lowest BCUT2D eigenvalue weighted by Crippen LogP contribution is -2.05. The maximum atomic E-state index is 13.4. The number of hydrogen-bond donors (Lipinski definition) is 0. The number of halogens is 5. The van der Waals surface area contributed by atoms with Gasteiger partial charge in [0, 0.05) is 5.56 Å². The van der Waals surface area contributed by atoms with Crippen LogP contribution in [0, 0.1) is 5.82 Å². The molecule has 0 saturated heterocycles. The molecular weight excluding hydrogens is 324 g/mol. The van der Waals surface area contributed by atoms with Crippen LogP contribution in [0.1, 0.15) is 5.56 Å². The molecule has 0 fully saturated rings. The second-order valence-electron chi connectivity index (χ2n) is 3.06. The quantitative estimate of drug-likeness (QED) is 0.736. The fourth-order valence-corrected chi connectivity index (χ4v) is 2.28. The number of aromatic nitrogens is 2. The second kappa shape index (κ2) is 4.34. The normalized spacial score (nSPS) is 11.8. The van der Waals surface area contributed by atoms with Crippen molar-refractivity contribution in [2.24, 2.45) is 0 Å². The number of benzene rings is 1. The Morgan fingerprint density at radius 3 is 2.47 bits per heavy atom. The standard InChI is InChI=1S/C9H3BrF4N2S/c10-8-15-7(17-16-8)5-3-4(9(12,13)14)1-2-6(5)11/h1-3H. The van der Waals surface area contributed by atoms with Gasteiger partial charge in [-0.1, -0.05) is 0 Å². The second-order valence-corrected chi connectivity index (χ2v) is 4.52. The van der Waals surface area contributed by atoms with Crippen LogP contribution >= 0.6 is 27.5 Å². The summed E-state index contributed by atoms with van der Waals surface area (Å²) in [5.74, 6) is -0.762. The molecule has 0 aliphatic rings. The van der Waals surface area contributed by atoms with E-state index in [2.05, 4.69) is 25.3 Å². The van der Waals surface area contributed by atoms with Crippen molar-refractivity contribution in [3.8, 4) is 10.6 Å². The summed E-state index contributed by atoms with van der Waals surface area (Å²) >= 11 is 3.78. The van der Waals surface area contributed by atoms with Crippen LogP contribution < -0.4 is 0 Å². The third-order valence-electron chi connectivity index (χ3n) is 1.93. The zero-order valence-corrected chi connectivity index (χ0v) is 10.3. The lowest BCUT2D eigenvalue weighted by Gasteiger charge is -2.07. The molecule has 0 saturated carbocycles. The molecule has 2 nitrogen and oxygen atoms in total. The Labute approximate surface area is 106 Å². The molecule has 0 aliphatic heterocycles. The first-order valence-electron chi connectivity index (χ1n) is 4.24. The third-order valence-corrected chi connectivity index (χ3v) is 3.26. The molecule has 0 bridgehead atoms. The zero-order chi connectivity index (χ0) is 12.6. The number of hydrogen-bond acceptors (Lipinski definition) is 3. The smallest absolute Gasteiger partial charge is 0.209 e. The van der Waals surface area contributed by atoms with Crippen LogP contribution in [0.2, 0.25) is 0 Å². The summed E-state index contributed by atoms with van der Waals surface area (Å²) < 4.78 is 54.7. The Balaban J connectivity index is 2.54. The molecule has 0 amide bonds. The van der Waals surface area contributed by atoms with E-state index in [1.54, 1.807) is 0 Å². The molecular formula is C9H3BrF4N2S. The third kappa shape index (κ3) is 2.63. The molecule has 0 unspecified atom stereocenters. The van der Waals surface area contributed by atoms with Gasteiger partial charge in [-0.05, 0) is 45.7 Å². The summed E-state index contributed by atoms with van der Waals surface area (Å²) in [6, 6.07) is 2.19. The first-order valence-corrected chi connectivity index (χ1v) is 5.81. The summed E-state index contributed by atoms with van der Waals surface area (Å²) in [7, 11) is 0. The van der Waals surface area contributed by atoms with Gasteiger partial charge >= 0.3 is 6.18 Å². The van der Waals surface area contributed by atoms with Crippen LogP contribution in [0.25, 0.3) is 10.6 Å². The van der Waals surface area contributed by atoms with Crippen LogP contribution in [0.4, 0.5) is 17.6 Å². The molecule has 8 heteroatoms. The van der Waals surface area contributed by atoms with E-state index in [4.69, 9.17) is 0 Å². The highest BCUT2D eigenvalue weighted by Crippen LogP contribution is 2.34. The van der Waals surface area contributed by atoms with E-state index in [1.165, 1.54) is 0 Å². The van der Waals surface area contributed by atoms with E-state index in [0.717, 1.165) is 23.7 Å². The molecule has 17 heavy (non-hydrogen) atoms. The Morgan fingerprint density at radius 2 is 1.94 bits per heavy atom. The van der Waals surface area contributed by atoms with Crippen molar-refractivity contribution in [3.63, 3.8) is 0 Å². The van der Waals surface area contributed by atoms with E-state index < -0.39 is 17.6 Å². The fourth-order valence-electron chi connectivity index (χ4n) is 1.18. The topological polar surface area (TPSA) is 25.8 Å². The van der Waals surface area contributed by atoms with Crippen molar-refractivity contribution in [3.05, 3.63) is 34.3 Å². The summed E-state index contributed by atoms with van der Waals surface area (Å²) in [5, 5.41) is 0.0977. The molecule has 0 atom stereocenters. The lowest BCUT2D eigenvalue weighted by molar-refractivity contribution is -0.137. The lowest BCUT2D eigenvalue weighted by atomic mass is 10.1. The van der Waals surface area contributed by atoms with E-state index in [1.807, 2.05) is 0 Å². The summed E-state index contributed by atoms with van der Waals surface area (Å²) in [4.78, 5) is 3.78. The highest BCUT2D eigenvalue weighted by Gasteiger charge is 2.31. The highest BCUT2D eigenvalue weighted by molar-refractivity contribution is 9.10. The molecule has 0 spiro atoms. The van der Waals surface area contributed by atoms with E-state index in [0.29, 0.717) is 6.07 Å². The molecule has 0 radical (unpaired) electrons. The van der Waals surface area contributed by atoms with Gasteiger partial charge in [0.05, 0.1) is 5.56 Å². The average Bonchev–Trinajstić information content (AvgIpc) is 2.63. The minimum absolute atomic E-state index is 0.0977. The van der Waals surface area contributed by atoms with Crippen molar-refractivity contribution in [1.82, 2.24) is 9.36 Å². The van der Waals surface area contributed by atoms with Crippen LogP contribution in [0.15, 0.2) is 22.9 Å². The van der Waals surface area contributed by atoms with Crippen LogP contribution in [0.3, 0.4) is 0 Å². The predicted molar refractivity (Wildman–Crippen MR) is 58.0 cm³/mol. The largest absolute Gasteiger partial charge is 0.416 e. The molecule has 1 heterocycles. The van der Waals surface area contributed by atoms with Gasteiger partial charge in [0.15, 0.2) is 0 Å². The van der Waals surface area contributed by atoms with Crippen molar-refractivity contribution >= 4 is 27.5 Å². The molecule has 1 aromatic heterocycles. The first-order chi connectivity index (χ1) is 7.88. The summed E-state index contributed by atoms with van der Waals surface area (Å²) in [6.45, 7) is 0. The van der Waals surface area contributed by atoms with Crippen LogP contribution in [-0.2, 0) is 6.18 Å². The average molecular weight is 327 g/mol. The SMILES string of the molecule is Fc1ccc(C(F)(F)F)cc1-c1nc(Br)ns1. The van der Waals surface area contributed by atoms with E-state index in [9.17, 15) is 17.6 Å². The van der Waals surface area contributed by atoms with Crippen molar-refractivity contribution in [1.29, 1.82) is 0 Å². The van der Waals surface area contributed by atoms with Gasteiger partial charge in [0.1, 0.15) is 10.8 Å². The minimum atomic E-state index is -4.51. The van der Waals surface area contributed by atoms with Crippen molar-refractivity contribution in [2.75, 3.05) is 0 Å². The number of nitrogens with zero attached hydrogens (tertiary/aromatic N) is 2. The van der Waals surface area contributed by atoms with Crippen molar-refractivity contribution < 1.29 is 17.6 Å². The van der Waals surface area contributed by atoms with Gasteiger partial charge in [0.25, 0.3) is 0 Å². The Hall–Kier alpha value is -1.02. The monoisotopic (exact) mass is 326 g/mol. The molecule has 2 aromatic rings. The Morgan fingerprint density at radius 1 is 1.24 bits per heavy atom. The van der Waals surface area contributed by atoms with Gasteiger partial charge in [-0.2, -0.15) is 17.5 Å². The first kappa shape index (κ1) is 12.4. The molecule has 90 valence electrons. The molecule has 2 rings (SSSR count). The van der Waals surface area contributed by atoms with E-state index >= 15 is 0 Å². The van der Waals surface area contributed by atoms with Gasteiger partial charge in [0.2, 0.25) is 4.73 Å². The summed E-state index contributed by atoms with van der Waals surface area (Å²) in [5.41, 5.74) is -1.12. The molecule has 0 aliphatic carbocycles. The molecule has 1 aromatic carbocycles. The number of alkyl halides is 3. The van der Waals surface area contributed by atoms with E-state index in [-0.39, 0.29) is 15.3 Å². The number of rotatable bonds is 1.